The van der Waals surface area contributed by atoms with Crippen LogP contribution in [0.15, 0.2) is 54.6 Å². The van der Waals surface area contributed by atoms with E-state index in [1.807, 2.05) is 54.6 Å². The number of amides is 1. The minimum Gasteiger partial charge on any atom is -0.445 e. The van der Waals surface area contributed by atoms with Crippen molar-refractivity contribution in [3.8, 4) is 0 Å². The van der Waals surface area contributed by atoms with Crippen molar-refractivity contribution in [1.29, 1.82) is 0 Å². The summed E-state index contributed by atoms with van der Waals surface area (Å²) >= 11 is 0. The third-order valence-corrected chi connectivity index (χ3v) is 4.55. The SMILES string of the molecule is Nc1c2c(nc3ccccc13)CCN(C(=O)OCc1ccccc1)C2. The van der Waals surface area contributed by atoms with Gasteiger partial charge in [-0.15, -0.1) is 0 Å². The number of aromatic nitrogens is 1. The molecule has 1 aromatic heterocycles. The Balaban J connectivity index is 1.52. The number of rotatable bonds is 2. The highest BCUT2D eigenvalue weighted by atomic mass is 16.6. The van der Waals surface area contributed by atoms with E-state index in [1.165, 1.54) is 0 Å². The monoisotopic (exact) mass is 333 g/mol. The van der Waals surface area contributed by atoms with Crippen molar-refractivity contribution in [3.05, 3.63) is 71.4 Å². The standard InChI is InChI=1S/C20H19N3O2/c21-19-15-8-4-5-9-17(15)22-18-10-11-23(12-16(18)19)20(24)25-13-14-6-2-1-3-7-14/h1-9H,10-13H2,(H2,21,22). The first-order valence-electron chi connectivity index (χ1n) is 8.34. The molecule has 5 heteroatoms. The second-order valence-electron chi connectivity index (χ2n) is 6.18. The number of nitrogens with zero attached hydrogens (tertiary/aromatic N) is 2. The molecule has 2 N–H and O–H groups in total. The lowest BCUT2D eigenvalue weighted by molar-refractivity contribution is 0.0917. The number of nitrogens with two attached hydrogens (primary N) is 1. The molecule has 0 saturated heterocycles. The van der Waals surface area contributed by atoms with Crippen molar-refractivity contribution in [1.82, 2.24) is 9.88 Å². The van der Waals surface area contributed by atoms with Crippen molar-refractivity contribution in [3.63, 3.8) is 0 Å². The number of fused-ring (bicyclic) bond motifs is 2. The van der Waals surface area contributed by atoms with Crippen molar-refractivity contribution in [2.45, 2.75) is 19.6 Å². The highest BCUT2D eigenvalue weighted by molar-refractivity contribution is 5.92. The predicted octanol–water partition coefficient (Wildman–Crippen LogP) is 3.51. The number of para-hydroxylation sites is 1. The van der Waals surface area contributed by atoms with E-state index >= 15 is 0 Å². The Labute approximate surface area is 146 Å². The van der Waals surface area contributed by atoms with E-state index in [4.69, 9.17) is 15.5 Å². The average Bonchev–Trinajstić information content (AvgIpc) is 2.67. The average molecular weight is 333 g/mol. The zero-order chi connectivity index (χ0) is 17.2. The number of hydrogen-bond donors (Lipinski definition) is 1. The van der Waals surface area contributed by atoms with Crippen LogP contribution >= 0.6 is 0 Å². The van der Waals surface area contributed by atoms with Gasteiger partial charge in [-0.05, 0) is 11.6 Å². The third-order valence-electron chi connectivity index (χ3n) is 4.55. The van der Waals surface area contributed by atoms with Gasteiger partial charge in [0.25, 0.3) is 0 Å². The van der Waals surface area contributed by atoms with E-state index in [0.29, 0.717) is 25.2 Å². The largest absolute Gasteiger partial charge is 0.445 e. The van der Waals surface area contributed by atoms with Crippen molar-refractivity contribution in [2.24, 2.45) is 0 Å². The molecule has 1 amide bonds. The number of anilines is 1. The van der Waals surface area contributed by atoms with Gasteiger partial charge in [0.15, 0.2) is 0 Å². The predicted molar refractivity (Wildman–Crippen MR) is 96.9 cm³/mol. The molecule has 0 spiro atoms. The maximum atomic E-state index is 12.4. The molecule has 0 atom stereocenters. The molecule has 4 rings (SSSR count). The third kappa shape index (κ3) is 3.01. The van der Waals surface area contributed by atoms with Gasteiger partial charge in [0, 0.05) is 35.3 Å². The highest BCUT2D eigenvalue weighted by Gasteiger charge is 2.25. The number of carbonyl (C=O) groups excluding carboxylic acids is 1. The summed E-state index contributed by atoms with van der Waals surface area (Å²) in [5, 5.41) is 0.931. The first-order valence-corrected chi connectivity index (χ1v) is 8.34. The lowest BCUT2D eigenvalue weighted by atomic mass is 10.0. The van der Waals surface area contributed by atoms with Gasteiger partial charge >= 0.3 is 6.09 Å². The molecule has 2 aromatic carbocycles. The summed E-state index contributed by atoms with van der Waals surface area (Å²) in [5.74, 6) is 0. The van der Waals surface area contributed by atoms with Crippen LogP contribution < -0.4 is 5.73 Å². The first-order chi connectivity index (χ1) is 12.2. The molecule has 0 bridgehead atoms. The molecule has 0 radical (unpaired) electrons. The maximum Gasteiger partial charge on any atom is 0.410 e. The summed E-state index contributed by atoms with van der Waals surface area (Å²) < 4.78 is 5.44. The fourth-order valence-electron chi connectivity index (χ4n) is 3.19. The molecule has 2 heterocycles. The Kier molecular flexibility index (Phi) is 3.98. The van der Waals surface area contributed by atoms with E-state index in [0.717, 1.165) is 27.7 Å². The zero-order valence-electron chi connectivity index (χ0n) is 13.8. The summed E-state index contributed by atoms with van der Waals surface area (Å²) in [5.41, 5.74) is 10.8. The fraction of sp³-hybridized carbons (Fsp3) is 0.200. The Bertz CT molecular complexity index is 925. The summed E-state index contributed by atoms with van der Waals surface area (Å²) in [7, 11) is 0. The molecule has 1 aliphatic rings. The number of nitrogen functional groups attached to an aromatic ring is 1. The molecule has 0 aliphatic carbocycles. The van der Waals surface area contributed by atoms with Gasteiger partial charge in [0.05, 0.1) is 12.1 Å². The summed E-state index contributed by atoms with van der Waals surface area (Å²) in [6, 6.07) is 17.5. The van der Waals surface area contributed by atoms with Crippen LogP contribution in [0.25, 0.3) is 10.9 Å². The van der Waals surface area contributed by atoms with Crippen LogP contribution in [0.3, 0.4) is 0 Å². The molecular formula is C20H19N3O2. The van der Waals surface area contributed by atoms with Crippen molar-refractivity contribution >= 4 is 22.7 Å². The Hall–Kier alpha value is -3.08. The Morgan fingerprint density at radius 2 is 1.88 bits per heavy atom. The number of carbonyl (C=O) groups is 1. The number of ether oxygens (including phenoxy) is 1. The van der Waals surface area contributed by atoms with Crippen molar-refractivity contribution in [2.75, 3.05) is 12.3 Å². The van der Waals surface area contributed by atoms with Crippen LogP contribution in [0.4, 0.5) is 10.5 Å². The van der Waals surface area contributed by atoms with Crippen LogP contribution in [0.1, 0.15) is 16.8 Å². The first kappa shape index (κ1) is 15.4. The Morgan fingerprint density at radius 1 is 1.12 bits per heavy atom. The quantitative estimate of drug-likeness (QED) is 0.779. The molecule has 1 aliphatic heterocycles. The smallest absolute Gasteiger partial charge is 0.410 e. The van der Waals surface area contributed by atoms with E-state index in [2.05, 4.69) is 0 Å². The minimum absolute atomic E-state index is 0.272. The topological polar surface area (TPSA) is 68.5 Å². The molecule has 3 aromatic rings. The van der Waals surface area contributed by atoms with Gasteiger partial charge in [0.1, 0.15) is 6.61 Å². The summed E-state index contributed by atoms with van der Waals surface area (Å²) in [6.07, 6.45) is 0.368. The Morgan fingerprint density at radius 3 is 2.72 bits per heavy atom. The summed E-state index contributed by atoms with van der Waals surface area (Å²) in [6.45, 7) is 1.30. The molecular weight excluding hydrogens is 314 g/mol. The van der Waals surface area contributed by atoms with Gasteiger partial charge in [-0.2, -0.15) is 0 Å². The van der Waals surface area contributed by atoms with Crippen LogP contribution in [0.2, 0.25) is 0 Å². The van der Waals surface area contributed by atoms with E-state index < -0.39 is 0 Å². The van der Waals surface area contributed by atoms with Gasteiger partial charge in [-0.1, -0.05) is 48.5 Å². The van der Waals surface area contributed by atoms with Gasteiger partial charge in [-0.25, -0.2) is 4.79 Å². The molecule has 126 valence electrons. The summed E-state index contributed by atoms with van der Waals surface area (Å²) in [4.78, 5) is 18.8. The van der Waals surface area contributed by atoms with Crippen LogP contribution in [0, 0.1) is 0 Å². The second-order valence-corrected chi connectivity index (χ2v) is 6.18. The molecule has 5 nitrogen and oxygen atoms in total. The van der Waals surface area contributed by atoms with Gasteiger partial charge in [-0.3, -0.25) is 4.98 Å². The number of hydrogen-bond acceptors (Lipinski definition) is 4. The van der Waals surface area contributed by atoms with Crippen LogP contribution in [-0.2, 0) is 24.3 Å². The minimum atomic E-state index is -0.318. The van der Waals surface area contributed by atoms with Crippen LogP contribution in [-0.4, -0.2) is 22.5 Å². The number of pyridine rings is 1. The highest BCUT2D eigenvalue weighted by Crippen LogP contribution is 2.30. The van der Waals surface area contributed by atoms with Crippen molar-refractivity contribution < 1.29 is 9.53 Å². The maximum absolute atomic E-state index is 12.4. The van der Waals surface area contributed by atoms with Gasteiger partial charge in [0.2, 0.25) is 0 Å². The van der Waals surface area contributed by atoms with Gasteiger partial charge < -0.3 is 15.4 Å². The lowest BCUT2D eigenvalue weighted by Gasteiger charge is -2.29. The lowest BCUT2D eigenvalue weighted by Crippen LogP contribution is -2.37. The van der Waals surface area contributed by atoms with E-state index in [1.54, 1.807) is 4.90 Å². The van der Waals surface area contributed by atoms with E-state index in [-0.39, 0.29) is 12.7 Å². The fourth-order valence-corrected chi connectivity index (χ4v) is 3.19. The normalized spacial score (nSPS) is 13.5. The number of benzene rings is 2. The molecule has 0 saturated carbocycles. The molecule has 0 fully saturated rings. The van der Waals surface area contributed by atoms with Crippen LogP contribution in [0.5, 0.6) is 0 Å². The second kappa shape index (κ2) is 6.43. The molecule has 0 unspecified atom stereocenters. The zero-order valence-corrected chi connectivity index (χ0v) is 13.8. The molecule has 25 heavy (non-hydrogen) atoms. The van der Waals surface area contributed by atoms with E-state index in [9.17, 15) is 4.79 Å².